The summed E-state index contributed by atoms with van der Waals surface area (Å²) in [6.45, 7) is 2.87. The van der Waals surface area contributed by atoms with Crippen molar-refractivity contribution in [1.29, 1.82) is 0 Å². The predicted octanol–water partition coefficient (Wildman–Crippen LogP) is 3.08. The lowest BCUT2D eigenvalue weighted by Gasteiger charge is -1.99. The van der Waals surface area contributed by atoms with Crippen molar-refractivity contribution in [3.8, 4) is 0 Å². The lowest BCUT2D eigenvalue weighted by Crippen LogP contribution is -2.09. The van der Waals surface area contributed by atoms with E-state index >= 15 is 0 Å². The fourth-order valence-corrected chi connectivity index (χ4v) is 2.47. The van der Waals surface area contributed by atoms with E-state index in [4.69, 9.17) is 4.74 Å². The molecular weight excluding hydrogens is 292 g/mol. The minimum atomic E-state index is -0.114. The molecule has 0 aliphatic rings. The molecule has 0 fully saturated rings. The van der Waals surface area contributed by atoms with Gasteiger partial charge in [-0.15, -0.1) is 11.3 Å². The van der Waals surface area contributed by atoms with Gasteiger partial charge in [-0.25, -0.2) is 0 Å². The largest absolute Gasteiger partial charge is 0.381 e. The highest BCUT2D eigenvalue weighted by Crippen LogP contribution is 2.23. The van der Waals surface area contributed by atoms with E-state index in [1.165, 1.54) is 11.3 Å². The van der Waals surface area contributed by atoms with Gasteiger partial charge in [-0.05, 0) is 35.0 Å². The molecule has 0 saturated heterocycles. The monoisotopic (exact) mass is 304 g/mol. The highest BCUT2D eigenvalue weighted by atomic mass is 79.9. The van der Waals surface area contributed by atoms with Crippen molar-refractivity contribution in [2.75, 3.05) is 13.2 Å². The zero-order valence-electron chi connectivity index (χ0n) is 8.99. The standard InChI is InChI=1S/C11H13BrO3S/c1-2-15-6-5-8(13)7-9(14)10-3-4-11(12)16-10/h3-4H,2,5-7H2,1H3. The molecule has 1 rings (SSSR count). The predicted molar refractivity (Wildman–Crippen MR) is 67.1 cm³/mol. The molecule has 1 heterocycles. The van der Waals surface area contributed by atoms with Gasteiger partial charge in [0.25, 0.3) is 0 Å². The minimum Gasteiger partial charge on any atom is -0.381 e. The lowest BCUT2D eigenvalue weighted by atomic mass is 10.1. The Balaban J connectivity index is 2.37. The maximum absolute atomic E-state index is 11.6. The summed E-state index contributed by atoms with van der Waals surface area (Å²) in [5.74, 6) is -0.180. The molecular formula is C11H13BrO3S. The van der Waals surface area contributed by atoms with E-state index < -0.39 is 0 Å². The van der Waals surface area contributed by atoms with Crippen LogP contribution in [0.3, 0.4) is 0 Å². The minimum absolute atomic E-state index is 0.0278. The van der Waals surface area contributed by atoms with E-state index in [1.807, 2.05) is 13.0 Å². The average Bonchev–Trinajstić information content (AvgIpc) is 2.65. The normalized spacial score (nSPS) is 10.4. The first-order chi connectivity index (χ1) is 7.63. The van der Waals surface area contributed by atoms with Crippen LogP contribution >= 0.6 is 27.3 Å². The molecule has 0 bridgehead atoms. The van der Waals surface area contributed by atoms with Crippen LogP contribution in [-0.2, 0) is 9.53 Å². The molecule has 1 aromatic heterocycles. The van der Waals surface area contributed by atoms with E-state index in [9.17, 15) is 9.59 Å². The van der Waals surface area contributed by atoms with Gasteiger partial charge in [-0.3, -0.25) is 9.59 Å². The highest BCUT2D eigenvalue weighted by molar-refractivity contribution is 9.11. The van der Waals surface area contributed by atoms with Crippen molar-refractivity contribution < 1.29 is 14.3 Å². The maximum atomic E-state index is 11.6. The number of ether oxygens (including phenoxy) is 1. The van der Waals surface area contributed by atoms with Gasteiger partial charge in [0.15, 0.2) is 5.78 Å². The summed E-state index contributed by atoms with van der Waals surface area (Å²) in [6, 6.07) is 3.54. The first-order valence-electron chi connectivity index (χ1n) is 5.01. The number of carbonyl (C=O) groups is 2. The Labute approximate surface area is 107 Å². The molecule has 3 nitrogen and oxygen atoms in total. The molecule has 0 aliphatic carbocycles. The fourth-order valence-electron chi connectivity index (χ4n) is 1.15. The van der Waals surface area contributed by atoms with Crippen molar-refractivity contribution >= 4 is 38.8 Å². The van der Waals surface area contributed by atoms with Crippen LogP contribution < -0.4 is 0 Å². The van der Waals surface area contributed by atoms with Crippen LogP contribution in [-0.4, -0.2) is 24.8 Å². The van der Waals surface area contributed by atoms with E-state index in [1.54, 1.807) is 6.07 Å². The van der Waals surface area contributed by atoms with E-state index in [0.29, 0.717) is 24.5 Å². The second-order valence-corrected chi connectivity index (χ2v) is 5.65. The van der Waals surface area contributed by atoms with E-state index in [0.717, 1.165) is 3.79 Å². The Bertz CT molecular complexity index is 373. The molecule has 0 aliphatic heterocycles. The Hall–Kier alpha value is -0.520. The Morgan fingerprint density at radius 3 is 2.75 bits per heavy atom. The molecule has 0 unspecified atom stereocenters. The Kier molecular flexibility index (Phi) is 5.87. The smallest absolute Gasteiger partial charge is 0.180 e. The second-order valence-electron chi connectivity index (χ2n) is 3.19. The van der Waals surface area contributed by atoms with Crippen LogP contribution in [0.2, 0.25) is 0 Å². The highest BCUT2D eigenvalue weighted by Gasteiger charge is 2.13. The number of thiophene rings is 1. The van der Waals surface area contributed by atoms with Crippen LogP contribution in [0.25, 0.3) is 0 Å². The van der Waals surface area contributed by atoms with Crippen LogP contribution in [0, 0.1) is 0 Å². The van der Waals surface area contributed by atoms with E-state index in [-0.39, 0.29) is 18.0 Å². The third-order valence-corrected chi connectivity index (χ3v) is 3.60. The van der Waals surface area contributed by atoms with Crippen LogP contribution in [0.15, 0.2) is 15.9 Å². The van der Waals surface area contributed by atoms with Crippen molar-refractivity contribution in [2.45, 2.75) is 19.8 Å². The van der Waals surface area contributed by atoms with Crippen LogP contribution in [0.1, 0.15) is 29.4 Å². The van der Waals surface area contributed by atoms with Gasteiger partial charge >= 0.3 is 0 Å². The van der Waals surface area contributed by atoms with Gasteiger partial charge < -0.3 is 4.74 Å². The summed E-state index contributed by atoms with van der Waals surface area (Å²) in [5.41, 5.74) is 0. The number of ketones is 2. The molecule has 0 aromatic carbocycles. The van der Waals surface area contributed by atoms with Gasteiger partial charge in [0.1, 0.15) is 5.78 Å². The van der Waals surface area contributed by atoms with Crippen molar-refractivity contribution in [3.63, 3.8) is 0 Å². The molecule has 0 N–H and O–H groups in total. The molecule has 0 radical (unpaired) electrons. The van der Waals surface area contributed by atoms with Crippen LogP contribution in [0.4, 0.5) is 0 Å². The molecule has 88 valence electrons. The van der Waals surface area contributed by atoms with Gasteiger partial charge in [-0.1, -0.05) is 0 Å². The summed E-state index contributed by atoms with van der Waals surface area (Å²) in [4.78, 5) is 23.7. The zero-order valence-corrected chi connectivity index (χ0v) is 11.4. The summed E-state index contributed by atoms with van der Waals surface area (Å²) < 4.78 is 5.96. The fraction of sp³-hybridized carbons (Fsp3) is 0.455. The molecule has 16 heavy (non-hydrogen) atoms. The Morgan fingerprint density at radius 1 is 1.44 bits per heavy atom. The maximum Gasteiger partial charge on any atom is 0.180 e. The molecule has 0 saturated carbocycles. The number of rotatable bonds is 7. The second kappa shape index (κ2) is 6.93. The van der Waals surface area contributed by atoms with Crippen molar-refractivity contribution in [1.82, 2.24) is 0 Å². The number of hydrogen-bond acceptors (Lipinski definition) is 4. The third kappa shape index (κ3) is 4.55. The van der Waals surface area contributed by atoms with Crippen molar-refractivity contribution in [3.05, 3.63) is 20.8 Å². The first-order valence-corrected chi connectivity index (χ1v) is 6.62. The summed E-state index contributed by atoms with van der Waals surface area (Å²) in [7, 11) is 0. The molecule has 1 aromatic rings. The first kappa shape index (κ1) is 13.5. The van der Waals surface area contributed by atoms with Gasteiger partial charge in [0.2, 0.25) is 0 Å². The number of hydrogen-bond donors (Lipinski definition) is 0. The SMILES string of the molecule is CCOCCC(=O)CC(=O)c1ccc(Br)s1. The summed E-state index contributed by atoms with van der Waals surface area (Å²) in [5, 5.41) is 0. The number of halogens is 1. The Morgan fingerprint density at radius 2 is 2.19 bits per heavy atom. The van der Waals surface area contributed by atoms with Gasteiger partial charge in [-0.2, -0.15) is 0 Å². The molecule has 0 atom stereocenters. The topological polar surface area (TPSA) is 43.4 Å². The van der Waals surface area contributed by atoms with Crippen LogP contribution in [0.5, 0.6) is 0 Å². The number of Topliss-reactive ketones (excluding diaryl/α,β-unsaturated/α-hetero) is 2. The zero-order chi connectivity index (χ0) is 12.0. The average molecular weight is 305 g/mol. The molecule has 0 amide bonds. The summed E-state index contributed by atoms with van der Waals surface area (Å²) in [6.07, 6.45) is 0.284. The number of carbonyl (C=O) groups excluding carboxylic acids is 2. The molecule has 0 spiro atoms. The lowest BCUT2D eigenvalue weighted by molar-refractivity contribution is -0.119. The van der Waals surface area contributed by atoms with Crippen molar-refractivity contribution in [2.24, 2.45) is 0 Å². The van der Waals surface area contributed by atoms with Gasteiger partial charge in [0.05, 0.1) is 21.7 Å². The van der Waals surface area contributed by atoms with Gasteiger partial charge in [0, 0.05) is 13.0 Å². The third-order valence-electron chi connectivity index (χ3n) is 1.94. The molecule has 5 heteroatoms. The quantitative estimate of drug-likeness (QED) is 0.442. The van der Waals surface area contributed by atoms with E-state index in [2.05, 4.69) is 15.9 Å². The summed E-state index contributed by atoms with van der Waals surface area (Å²) >= 11 is 4.63.